The zero-order valence-corrected chi connectivity index (χ0v) is 59.2. The average molecular weight is 1300 g/mol. The molecule has 0 heterocycles. The van der Waals surface area contributed by atoms with Crippen molar-refractivity contribution in [3.8, 4) is 39.8 Å². The Balaban J connectivity index is 1.94. The molecular weight excluding hydrogens is 1200 g/mol. The molecular formula is C69H100N12O9Si2. The van der Waals surface area contributed by atoms with E-state index in [0.717, 1.165) is 22.3 Å². The van der Waals surface area contributed by atoms with Crippen LogP contribution in [0.1, 0.15) is 196 Å². The number of carbonyl (C=O) groups excluding carboxylic acids is 7. The van der Waals surface area contributed by atoms with Gasteiger partial charge in [-0.05, 0) is 129 Å². The summed E-state index contributed by atoms with van der Waals surface area (Å²) in [6.45, 7) is 32.8. The monoisotopic (exact) mass is 1300 g/mol. The van der Waals surface area contributed by atoms with E-state index in [9.17, 15) is 24.0 Å². The van der Waals surface area contributed by atoms with Gasteiger partial charge in [0.2, 0.25) is 29.5 Å². The third-order valence-corrected chi connectivity index (χ3v) is 30.4. The van der Waals surface area contributed by atoms with Crippen molar-refractivity contribution in [2.45, 2.75) is 225 Å². The molecule has 0 aliphatic heterocycles. The summed E-state index contributed by atoms with van der Waals surface area (Å²) >= 11 is 0. The molecule has 23 heteroatoms. The first kappa shape index (κ1) is 76.4. The average Bonchev–Trinajstić information content (AvgIpc) is 1.40. The van der Waals surface area contributed by atoms with Crippen molar-refractivity contribution < 1.29 is 43.0 Å². The zero-order chi connectivity index (χ0) is 68.6. The van der Waals surface area contributed by atoms with E-state index >= 15 is 9.59 Å². The number of benzene rings is 3. The van der Waals surface area contributed by atoms with E-state index in [2.05, 4.69) is 158 Å². The van der Waals surface area contributed by atoms with E-state index in [1.54, 1.807) is 12.1 Å². The molecule has 6 amide bonds. The molecule has 4 rings (SSSR count). The van der Waals surface area contributed by atoms with Gasteiger partial charge in [-0.25, -0.2) is 4.79 Å². The first-order valence-corrected chi connectivity index (χ1v) is 37.0. The third kappa shape index (κ3) is 20.2. The summed E-state index contributed by atoms with van der Waals surface area (Å²) in [6.07, 6.45) is 1.08. The van der Waals surface area contributed by atoms with Crippen LogP contribution >= 0.6 is 0 Å². The molecule has 1 aliphatic rings. The maximum Gasteiger partial charge on any atom is 0.407 e. The molecule has 0 saturated carbocycles. The van der Waals surface area contributed by atoms with Crippen LogP contribution in [0.25, 0.3) is 32.0 Å². The fraction of sp³-hybridized carbons (Fsp3) is 0.580. The number of amides is 6. The minimum Gasteiger partial charge on any atom is -0.449 e. The van der Waals surface area contributed by atoms with E-state index in [4.69, 9.17) is 20.5 Å². The van der Waals surface area contributed by atoms with Gasteiger partial charge >= 0.3 is 12.1 Å². The van der Waals surface area contributed by atoms with Crippen LogP contribution in [-0.2, 0) is 33.5 Å². The van der Waals surface area contributed by atoms with Crippen molar-refractivity contribution >= 4 is 57.7 Å². The maximum atomic E-state index is 15.6. The van der Waals surface area contributed by atoms with Gasteiger partial charge in [-0.1, -0.05) is 180 Å². The van der Waals surface area contributed by atoms with Crippen LogP contribution in [0.5, 0.6) is 5.75 Å². The molecule has 498 valence electrons. The Morgan fingerprint density at radius 1 is 0.554 bits per heavy atom. The highest BCUT2D eigenvalue weighted by Gasteiger charge is 2.44. The van der Waals surface area contributed by atoms with Gasteiger partial charge in [0.25, 0.3) is 0 Å². The molecule has 6 N–H and O–H groups in total. The van der Waals surface area contributed by atoms with E-state index < -0.39 is 88.0 Å². The molecule has 92 heavy (non-hydrogen) atoms. The second-order valence-corrected chi connectivity index (χ2v) is 37.5. The van der Waals surface area contributed by atoms with Crippen LogP contribution in [0, 0.1) is 28.8 Å². The van der Waals surface area contributed by atoms with Crippen molar-refractivity contribution in [3.63, 3.8) is 0 Å². The Hall–Kier alpha value is -8.08. The molecule has 0 spiro atoms. The quantitative estimate of drug-likeness (QED) is 0.00505. The Kier molecular flexibility index (Phi) is 30.1. The normalized spacial score (nSPS) is 13.6. The lowest BCUT2D eigenvalue weighted by molar-refractivity contribution is -0.135. The molecule has 1 aliphatic carbocycles. The first-order chi connectivity index (χ1) is 43.5. The topological polar surface area (TPSA) is 308 Å². The number of hydrogen-bond acceptors (Lipinski definition) is 11. The number of carbonyl (C=O) groups is 7. The highest BCUT2D eigenvalue weighted by atomic mass is 28.3. The Morgan fingerprint density at radius 2 is 0.989 bits per heavy atom. The van der Waals surface area contributed by atoms with Gasteiger partial charge in [-0.2, -0.15) is 0 Å². The summed E-state index contributed by atoms with van der Waals surface area (Å²) in [4.78, 5) is 106. The third-order valence-electron chi connectivity index (χ3n) is 17.9. The highest BCUT2D eigenvalue weighted by molar-refractivity contribution is 6.91. The van der Waals surface area contributed by atoms with Gasteiger partial charge < -0.3 is 41.4 Å². The van der Waals surface area contributed by atoms with Gasteiger partial charge in [0.1, 0.15) is 53.0 Å². The minimum atomic E-state index is -2.53. The number of alkyl carbamates (subject to hydrolysis) is 1. The van der Waals surface area contributed by atoms with Gasteiger partial charge in [0.05, 0.1) is 11.1 Å². The second kappa shape index (κ2) is 36.2. The molecule has 0 aromatic heterocycles. The van der Waals surface area contributed by atoms with E-state index in [1.165, 1.54) is 20.9 Å². The number of fused-ring (bicyclic) bond motifs is 3. The number of esters is 1. The summed E-state index contributed by atoms with van der Waals surface area (Å²) in [5.74, 6) is 2.37. The Morgan fingerprint density at radius 3 is 1.41 bits per heavy atom. The lowest BCUT2D eigenvalue weighted by atomic mass is 9.97. The van der Waals surface area contributed by atoms with Crippen molar-refractivity contribution in [2.75, 3.05) is 26.7 Å². The lowest BCUT2D eigenvalue weighted by Crippen LogP contribution is -2.56. The number of unbranched alkanes of at least 4 members (excludes halogenated alkanes) is 2. The molecule has 0 fully saturated rings. The Bertz CT molecular complexity index is 3150. The molecule has 0 unspecified atom stereocenters. The zero-order valence-electron chi connectivity index (χ0n) is 57.2. The number of hydrogen-bond donors (Lipinski definition) is 6. The van der Waals surface area contributed by atoms with Crippen LogP contribution in [-0.4, -0.2) is 109 Å². The first-order valence-electron chi connectivity index (χ1n) is 32.5. The van der Waals surface area contributed by atoms with Gasteiger partial charge in [-0.15, -0.1) is 11.1 Å². The summed E-state index contributed by atoms with van der Waals surface area (Å²) in [6, 6.07) is 12.4. The van der Waals surface area contributed by atoms with Crippen molar-refractivity contribution in [3.05, 3.63) is 109 Å². The number of nitrogens with zero attached hydrogens (tertiary/aromatic N) is 6. The van der Waals surface area contributed by atoms with Crippen molar-refractivity contribution in [2.24, 2.45) is 16.1 Å². The van der Waals surface area contributed by atoms with E-state index in [-0.39, 0.29) is 106 Å². The van der Waals surface area contributed by atoms with Crippen LogP contribution < -0.4 is 36.6 Å². The number of rotatable bonds is 32. The largest absolute Gasteiger partial charge is 0.449 e. The van der Waals surface area contributed by atoms with E-state index in [0.29, 0.717) is 25.7 Å². The Labute approximate surface area is 547 Å². The van der Waals surface area contributed by atoms with Crippen LogP contribution in [0.15, 0.2) is 70.9 Å². The predicted octanol–water partition coefficient (Wildman–Crippen LogP) is 13.0. The minimum absolute atomic E-state index is 0.0315. The highest BCUT2D eigenvalue weighted by Crippen LogP contribution is 2.45. The molecule has 0 radical (unpaired) electrons. The smallest absolute Gasteiger partial charge is 0.407 e. The van der Waals surface area contributed by atoms with Gasteiger partial charge in [0.15, 0.2) is 5.75 Å². The SMILES string of the molecule is CNC(=O)[C@H](CCCCN=[N+]=[N-])NC(=O)[C@@H](CC(C)C)NC(=O)[C@H](NC(=O)[C@H](C)NC(=O)[C@@H](CCCCN=[N+]=[N-])NC(=O)OCC1c2ccccc2-c2ccccc21)c1cc(C#C[Si](C(C)C)(C(C)C)C(C)C)c(OC(C)=O)c(C#C[Si](C(C)C)(C(C)C)C(C)C)c1. The summed E-state index contributed by atoms with van der Waals surface area (Å²) in [7, 11) is -3.62. The van der Waals surface area contributed by atoms with Crippen molar-refractivity contribution in [1.29, 1.82) is 0 Å². The van der Waals surface area contributed by atoms with Crippen molar-refractivity contribution in [1.82, 2.24) is 31.9 Å². The summed E-state index contributed by atoms with van der Waals surface area (Å²) in [5.41, 5.74) is 31.1. The molecule has 0 saturated heterocycles. The number of nitrogens with one attached hydrogen (secondary N) is 6. The van der Waals surface area contributed by atoms with Gasteiger partial charge in [-0.3, -0.25) is 28.8 Å². The summed E-state index contributed by atoms with van der Waals surface area (Å²) in [5, 5.41) is 23.9. The van der Waals surface area contributed by atoms with Crippen LogP contribution in [0.3, 0.4) is 0 Å². The number of azide groups is 2. The number of likely N-dealkylation sites (N-methyl/N-ethyl adjacent to an activating group) is 1. The van der Waals surface area contributed by atoms with E-state index in [1.807, 2.05) is 62.4 Å². The number of ether oxygens (including phenoxy) is 2. The molecule has 21 nitrogen and oxygen atoms in total. The fourth-order valence-corrected chi connectivity index (χ4v) is 23.7. The lowest BCUT2D eigenvalue weighted by Gasteiger charge is -2.38. The molecule has 3 aromatic rings. The predicted molar refractivity (Wildman–Crippen MR) is 367 cm³/mol. The maximum absolute atomic E-state index is 15.6. The molecule has 3 aromatic carbocycles. The standard InChI is InChI=1S/C69H100N12O9Si2/c1-42(2)38-61(67(86)76-59(65(84)72-17)30-22-24-34-73-80-70)77-68(87)62(53-39-51(32-36-91(43(3)4,44(5)6)45(7)8)63(90-50(16)82)52(40-53)33-37-92(46(9)10,47(11)12)48(13)14)79-64(83)49(15)75-66(85)60(31-23-25-35-74-81-71)78-69(88)89-41-58-56-28-20-18-26-54(56)55-27-19-21-29-57(55)58/h18-21,26-29,39-40,42-49,58-62H,22-25,30-31,34-35,38,41H2,1-17H3,(H,72,84)(H,75,85)(H,76,86)(H,77,87)(H,78,88)(H,79,83)/t49-,59-,60+,61+,62+/m0/s1. The fourth-order valence-electron chi connectivity index (χ4n) is 13.3. The second-order valence-electron chi connectivity index (χ2n) is 26.3. The summed E-state index contributed by atoms with van der Waals surface area (Å²) < 4.78 is 12.0. The van der Waals surface area contributed by atoms with Crippen LogP contribution in [0.4, 0.5) is 4.79 Å². The molecule has 5 atom stereocenters. The molecule has 0 bridgehead atoms. The van der Waals surface area contributed by atoms with Crippen LogP contribution in [0.2, 0.25) is 33.2 Å². The van der Waals surface area contributed by atoms with Gasteiger partial charge in [0, 0.05) is 42.8 Å².